The number of Topliss-reactive ketones (excluding diaryl/α,β-unsaturated/α-hetero) is 1. The Morgan fingerprint density at radius 3 is 2.60 bits per heavy atom. The molecule has 2 N–H and O–H groups in total. The molecule has 0 amide bonds. The van der Waals surface area contributed by atoms with Gasteiger partial charge in [0, 0.05) is 13.0 Å². The Hall–Kier alpha value is -0.410. The highest BCUT2D eigenvalue weighted by Crippen LogP contribution is 2.21. The molecule has 0 radical (unpaired) electrons. The van der Waals surface area contributed by atoms with E-state index >= 15 is 0 Å². The lowest BCUT2D eigenvalue weighted by atomic mass is 9.86. The number of carbonyl (C=O) groups excluding carboxylic acids is 1. The summed E-state index contributed by atoms with van der Waals surface area (Å²) in [7, 11) is 0. The van der Waals surface area contributed by atoms with Crippen molar-refractivity contribution in [3.63, 3.8) is 0 Å². The van der Waals surface area contributed by atoms with Gasteiger partial charge >= 0.3 is 0 Å². The lowest BCUT2D eigenvalue weighted by Gasteiger charge is -2.25. The standard InChI is InChI=1S/C12H23NO2/c1-3-12(13,4-2)11(14)8-7-10-6-5-9-15-10/h10H,3-9,13H2,1-2H3. The molecule has 0 aliphatic carbocycles. The molecule has 1 fully saturated rings. The van der Waals surface area contributed by atoms with Crippen LogP contribution in [0.3, 0.4) is 0 Å². The minimum atomic E-state index is -0.599. The first kappa shape index (κ1) is 12.7. The Balaban J connectivity index is 2.33. The highest BCUT2D eigenvalue weighted by atomic mass is 16.5. The topological polar surface area (TPSA) is 52.3 Å². The van der Waals surface area contributed by atoms with E-state index in [9.17, 15) is 4.79 Å². The van der Waals surface area contributed by atoms with Crippen LogP contribution in [0.25, 0.3) is 0 Å². The Morgan fingerprint density at radius 1 is 1.47 bits per heavy atom. The summed E-state index contributed by atoms with van der Waals surface area (Å²) in [6.07, 6.45) is 5.41. The molecule has 0 saturated carbocycles. The predicted octanol–water partition coefficient (Wildman–Crippen LogP) is 2.03. The van der Waals surface area contributed by atoms with Crippen molar-refractivity contribution < 1.29 is 9.53 Å². The van der Waals surface area contributed by atoms with E-state index in [1.165, 1.54) is 0 Å². The third-order valence-electron chi connectivity index (χ3n) is 3.53. The summed E-state index contributed by atoms with van der Waals surface area (Å²) in [4.78, 5) is 11.9. The number of ether oxygens (including phenoxy) is 1. The predicted molar refractivity (Wildman–Crippen MR) is 60.7 cm³/mol. The van der Waals surface area contributed by atoms with Gasteiger partial charge in [0.2, 0.25) is 0 Å². The summed E-state index contributed by atoms with van der Waals surface area (Å²) in [5.74, 6) is 0.197. The molecule has 1 atom stereocenters. The summed E-state index contributed by atoms with van der Waals surface area (Å²) in [5.41, 5.74) is 5.44. The fourth-order valence-corrected chi connectivity index (χ4v) is 2.06. The Morgan fingerprint density at radius 2 is 2.13 bits per heavy atom. The summed E-state index contributed by atoms with van der Waals surface area (Å²) in [5, 5.41) is 0. The molecular formula is C12H23NO2. The van der Waals surface area contributed by atoms with Gasteiger partial charge in [-0.25, -0.2) is 0 Å². The third-order valence-corrected chi connectivity index (χ3v) is 3.53. The maximum Gasteiger partial charge on any atom is 0.152 e. The number of hydrogen-bond acceptors (Lipinski definition) is 3. The molecule has 0 aromatic carbocycles. The van der Waals surface area contributed by atoms with Crippen LogP contribution in [0, 0.1) is 0 Å². The fraction of sp³-hybridized carbons (Fsp3) is 0.917. The number of ketones is 1. The molecule has 1 aliphatic heterocycles. The lowest BCUT2D eigenvalue weighted by Crippen LogP contribution is -2.46. The van der Waals surface area contributed by atoms with Crippen molar-refractivity contribution in [1.82, 2.24) is 0 Å². The second kappa shape index (κ2) is 5.61. The van der Waals surface area contributed by atoms with Gasteiger partial charge in [0.05, 0.1) is 11.6 Å². The van der Waals surface area contributed by atoms with Gasteiger partial charge < -0.3 is 10.5 Å². The van der Waals surface area contributed by atoms with E-state index in [1.807, 2.05) is 13.8 Å². The maximum absolute atomic E-state index is 11.9. The van der Waals surface area contributed by atoms with Crippen molar-refractivity contribution >= 4 is 5.78 Å². The lowest BCUT2D eigenvalue weighted by molar-refractivity contribution is -0.125. The van der Waals surface area contributed by atoms with Crippen LogP contribution in [0.15, 0.2) is 0 Å². The third kappa shape index (κ3) is 3.28. The van der Waals surface area contributed by atoms with Crippen LogP contribution in [0.5, 0.6) is 0 Å². The van der Waals surface area contributed by atoms with Gasteiger partial charge in [-0.15, -0.1) is 0 Å². The van der Waals surface area contributed by atoms with Crippen molar-refractivity contribution in [2.75, 3.05) is 6.61 Å². The normalized spacial score (nSPS) is 21.9. The first-order valence-electron chi connectivity index (χ1n) is 6.06. The van der Waals surface area contributed by atoms with Crippen molar-refractivity contribution in [2.45, 2.75) is 64.0 Å². The maximum atomic E-state index is 11.9. The van der Waals surface area contributed by atoms with Crippen LogP contribution in [0.4, 0.5) is 0 Å². The molecule has 0 aromatic rings. The molecular weight excluding hydrogens is 190 g/mol. The zero-order valence-corrected chi connectivity index (χ0v) is 9.92. The van der Waals surface area contributed by atoms with Gasteiger partial charge in [-0.05, 0) is 32.1 Å². The molecule has 3 heteroatoms. The van der Waals surface area contributed by atoms with Crippen LogP contribution in [-0.2, 0) is 9.53 Å². The zero-order chi connectivity index (χ0) is 11.3. The molecule has 0 aromatic heterocycles. The highest BCUT2D eigenvalue weighted by molar-refractivity contribution is 5.88. The van der Waals surface area contributed by atoms with E-state index in [2.05, 4.69) is 0 Å². The molecule has 0 spiro atoms. The van der Waals surface area contributed by atoms with Gasteiger partial charge in [0.1, 0.15) is 0 Å². The quantitative estimate of drug-likeness (QED) is 0.734. The molecule has 3 nitrogen and oxygen atoms in total. The molecule has 88 valence electrons. The molecule has 1 rings (SSSR count). The smallest absolute Gasteiger partial charge is 0.152 e. The molecule has 1 saturated heterocycles. The SMILES string of the molecule is CCC(N)(CC)C(=O)CCC1CCCO1. The Labute approximate surface area is 92.4 Å². The van der Waals surface area contributed by atoms with E-state index in [1.54, 1.807) is 0 Å². The molecule has 15 heavy (non-hydrogen) atoms. The minimum Gasteiger partial charge on any atom is -0.378 e. The van der Waals surface area contributed by atoms with Crippen LogP contribution in [-0.4, -0.2) is 24.0 Å². The van der Waals surface area contributed by atoms with Crippen LogP contribution < -0.4 is 5.73 Å². The second-order valence-electron chi connectivity index (χ2n) is 4.46. The number of hydrogen-bond donors (Lipinski definition) is 1. The monoisotopic (exact) mass is 213 g/mol. The summed E-state index contributed by atoms with van der Waals surface area (Å²) >= 11 is 0. The highest BCUT2D eigenvalue weighted by Gasteiger charge is 2.30. The zero-order valence-electron chi connectivity index (χ0n) is 9.92. The van der Waals surface area contributed by atoms with E-state index in [-0.39, 0.29) is 5.78 Å². The van der Waals surface area contributed by atoms with Crippen LogP contribution in [0.1, 0.15) is 52.4 Å². The average Bonchev–Trinajstić information content (AvgIpc) is 2.77. The number of carbonyl (C=O) groups is 1. The van der Waals surface area contributed by atoms with E-state index < -0.39 is 5.54 Å². The van der Waals surface area contributed by atoms with Crippen molar-refractivity contribution in [1.29, 1.82) is 0 Å². The van der Waals surface area contributed by atoms with Crippen molar-refractivity contribution in [3.05, 3.63) is 0 Å². The molecule has 1 heterocycles. The second-order valence-corrected chi connectivity index (χ2v) is 4.46. The average molecular weight is 213 g/mol. The Bertz CT molecular complexity index is 206. The van der Waals surface area contributed by atoms with Crippen molar-refractivity contribution in [3.8, 4) is 0 Å². The molecule has 1 unspecified atom stereocenters. The Kier molecular flexibility index (Phi) is 4.74. The first-order chi connectivity index (χ1) is 7.12. The van der Waals surface area contributed by atoms with Crippen molar-refractivity contribution in [2.24, 2.45) is 5.73 Å². The van der Waals surface area contributed by atoms with Gasteiger partial charge in [-0.3, -0.25) is 4.79 Å². The molecule has 1 aliphatic rings. The van der Waals surface area contributed by atoms with Gasteiger partial charge in [-0.2, -0.15) is 0 Å². The van der Waals surface area contributed by atoms with Gasteiger partial charge in [0.15, 0.2) is 5.78 Å². The van der Waals surface area contributed by atoms with E-state index in [0.29, 0.717) is 12.5 Å². The van der Waals surface area contributed by atoms with E-state index in [0.717, 1.165) is 38.7 Å². The van der Waals surface area contributed by atoms with Gasteiger partial charge in [-0.1, -0.05) is 13.8 Å². The number of rotatable bonds is 6. The fourth-order valence-electron chi connectivity index (χ4n) is 2.06. The van der Waals surface area contributed by atoms with Gasteiger partial charge in [0.25, 0.3) is 0 Å². The largest absolute Gasteiger partial charge is 0.378 e. The summed E-state index contributed by atoms with van der Waals surface area (Å²) in [6.45, 7) is 4.81. The number of nitrogens with two attached hydrogens (primary N) is 1. The van der Waals surface area contributed by atoms with E-state index in [4.69, 9.17) is 10.5 Å². The molecule has 0 bridgehead atoms. The van der Waals surface area contributed by atoms with Crippen LogP contribution >= 0.6 is 0 Å². The summed E-state index contributed by atoms with van der Waals surface area (Å²) < 4.78 is 5.49. The summed E-state index contributed by atoms with van der Waals surface area (Å²) in [6, 6.07) is 0. The first-order valence-corrected chi connectivity index (χ1v) is 6.06. The van der Waals surface area contributed by atoms with Crippen LogP contribution in [0.2, 0.25) is 0 Å². The minimum absolute atomic E-state index is 0.197.